The van der Waals surface area contributed by atoms with Crippen molar-refractivity contribution in [3.63, 3.8) is 0 Å². The van der Waals surface area contributed by atoms with Gasteiger partial charge in [-0.3, -0.25) is 18.9 Å². The third-order valence-corrected chi connectivity index (χ3v) is 3.58. The lowest BCUT2D eigenvalue weighted by Crippen LogP contribution is -2.38. The summed E-state index contributed by atoms with van der Waals surface area (Å²) in [7, 11) is 2.76. The fourth-order valence-electron chi connectivity index (χ4n) is 1.60. The summed E-state index contributed by atoms with van der Waals surface area (Å²) in [5, 5.41) is 11.7. The second kappa shape index (κ2) is 5.23. The van der Waals surface area contributed by atoms with E-state index in [1.807, 2.05) is 17.5 Å². The number of nitrogens with zero attached hydrogens (tertiary/aromatic N) is 3. The summed E-state index contributed by atoms with van der Waals surface area (Å²) < 4.78 is 1.94. The third kappa shape index (κ3) is 2.50. The van der Waals surface area contributed by atoms with Crippen LogP contribution in [0.15, 0.2) is 32.1 Å². The topological polar surface area (TPSA) is 76.6 Å². The van der Waals surface area contributed by atoms with Crippen molar-refractivity contribution in [2.75, 3.05) is 0 Å². The van der Waals surface area contributed by atoms with Crippen LogP contribution < -0.4 is 11.2 Å². The van der Waals surface area contributed by atoms with Crippen molar-refractivity contribution < 1.29 is 5.11 Å². The van der Waals surface area contributed by atoms with E-state index in [4.69, 9.17) is 0 Å². The zero-order valence-electron chi connectivity index (χ0n) is 10.5. The van der Waals surface area contributed by atoms with Gasteiger partial charge in [-0.2, -0.15) is 0 Å². The molecule has 7 heteroatoms. The highest BCUT2D eigenvalue weighted by molar-refractivity contribution is 7.09. The maximum atomic E-state index is 11.9. The first kappa shape index (κ1) is 13.3. The molecule has 0 radical (unpaired) electrons. The second-order valence-corrected chi connectivity index (χ2v) is 5.02. The van der Waals surface area contributed by atoms with Crippen molar-refractivity contribution in [2.45, 2.75) is 6.54 Å². The molecule has 6 nitrogen and oxygen atoms in total. The normalized spacial score (nSPS) is 11.3. The number of thiophene rings is 1. The lowest BCUT2D eigenvalue weighted by Gasteiger charge is -2.06. The van der Waals surface area contributed by atoms with Crippen LogP contribution in [0.1, 0.15) is 10.4 Å². The first-order valence-corrected chi connectivity index (χ1v) is 6.41. The molecule has 2 aromatic rings. The highest BCUT2D eigenvalue weighted by Gasteiger charge is 2.12. The van der Waals surface area contributed by atoms with Crippen molar-refractivity contribution in [3.8, 4) is 5.88 Å². The van der Waals surface area contributed by atoms with Crippen LogP contribution >= 0.6 is 11.3 Å². The summed E-state index contributed by atoms with van der Waals surface area (Å²) in [6.45, 7) is 0.434. The Morgan fingerprint density at radius 3 is 2.74 bits per heavy atom. The molecule has 0 amide bonds. The summed E-state index contributed by atoms with van der Waals surface area (Å²) in [5.41, 5.74) is -1.12. The molecule has 2 rings (SSSR count). The average molecular weight is 279 g/mol. The molecule has 0 aliphatic heterocycles. The van der Waals surface area contributed by atoms with E-state index in [0.29, 0.717) is 6.54 Å². The Morgan fingerprint density at radius 2 is 2.11 bits per heavy atom. The highest BCUT2D eigenvalue weighted by atomic mass is 32.1. The second-order valence-electron chi connectivity index (χ2n) is 3.99. The van der Waals surface area contributed by atoms with E-state index >= 15 is 0 Å². The van der Waals surface area contributed by atoms with Gasteiger partial charge < -0.3 is 5.11 Å². The van der Waals surface area contributed by atoms with Crippen LogP contribution in [0.25, 0.3) is 0 Å². The quantitative estimate of drug-likeness (QED) is 0.830. The summed E-state index contributed by atoms with van der Waals surface area (Å²) in [6, 6.07) is 3.85. The molecular formula is C12H13N3O3S. The van der Waals surface area contributed by atoms with Crippen molar-refractivity contribution >= 4 is 17.6 Å². The van der Waals surface area contributed by atoms with Gasteiger partial charge in [0.2, 0.25) is 5.88 Å². The number of aliphatic imine (C=N–C) groups is 1. The number of rotatable bonds is 3. The van der Waals surface area contributed by atoms with Gasteiger partial charge >= 0.3 is 5.69 Å². The Morgan fingerprint density at radius 1 is 1.37 bits per heavy atom. The van der Waals surface area contributed by atoms with Crippen molar-refractivity contribution in [1.29, 1.82) is 0 Å². The number of aromatic hydroxyl groups is 1. The van der Waals surface area contributed by atoms with Crippen LogP contribution in [0.4, 0.5) is 0 Å². The molecule has 2 heterocycles. The molecule has 0 fully saturated rings. The van der Waals surface area contributed by atoms with Crippen LogP contribution in [0.2, 0.25) is 0 Å². The lowest BCUT2D eigenvalue weighted by molar-refractivity contribution is 0.410. The van der Waals surface area contributed by atoms with E-state index in [1.54, 1.807) is 11.3 Å². The fourth-order valence-corrected chi connectivity index (χ4v) is 2.24. The summed E-state index contributed by atoms with van der Waals surface area (Å²) in [6.07, 6.45) is 1.30. The Balaban J connectivity index is 2.38. The van der Waals surface area contributed by atoms with E-state index in [9.17, 15) is 14.7 Å². The van der Waals surface area contributed by atoms with Crippen molar-refractivity contribution in [2.24, 2.45) is 19.1 Å². The maximum Gasteiger partial charge on any atom is 0.333 e. The summed E-state index contributed by atoms with van der Waals surface area (Å²) in [4.78, 5) is 28.6. The molecule has 19 heavy (non-hydrogen) atoms. The molecule has 0 spiro atoms. The molecule has 0 atom stereocenters. The van der Waals surface area contributed by atoms with Gasteiger partial charge in [0.15, 0.2) is 0 Å². The molecular weight excluding hydrogens is 266 g/mol. The smallest absolute Gasteiger partial charge is 0.333 e. The summed E-state index contributed by atoms with van der Waals surface area (Å²) >= 11 is 1.56. The maximum absolute atomic E-state index is 11.9. The highest BCUT2D eigenvalue weighted by Crippen LogP contribution is 2.10. The van der Waals surface area contributed by atoms with Gasteiger partial charge in [0.1, 0.15) is 5.56 Å². The number of hydrogen-bond donors (Lipinski definition) is 1. The van der Waals surface area contributed by atoms with Gasteiger partial charge in [-0.15, -0.1) is 11.3 Å². The molecule has 0 bridgehead atoms. The molecule has 0 aliphatic carbocycles. The first-order chi connectivity index (χ1) is 9.02. The lowest BCUT2D eigenvalue weighted by atomic mass is 10.3. The van der Waals surface area contributed by atoms with E-state index < -0.39 is 11.2 Å². The minimum atomic E-state index is -0.571. The van der Waals surface area contributed by atoms with Crippen LogP contribution in [-0.2, 0) is 20.6 Å². The van der Waals surface area contributed by atoms with Gasteiger partial charge in [-0.25, -0.2) is 4.79 Å². The minimum Gasteiger partial charge on any atom is -0.494 e. The van der Waals surface area contributed by atoms with Gasteiger partial charge in [-0.05, 0) is 11.4 Å². The molecule has 0 aliphatic rings. The number of hydrogen-bond acceptors (Lipinski definition) is 5. The fraction of sp³-hybridized carbons (Fsp3) is 0.250. The Kier molecular flexibility index (Phi) is 3.66. The minimum absolute atomic E-state index is 0.0150. The first-order valence-electron chi connectivity index (χ1n) is 5.53. The van der Waals surface area contributed by atoms with Crippen LogP contribution in [0, 0.1) is 0 Å². The van der Waals surface area contributed by atoms with Crippen LogP contribution in [-0.4, -0.2) is 20.5 Å². The van der Waals surface area contributed by atoms with Crippen molar-refractivity contribution in [1.82, 2.24) is 9.13 Å². The standard InChI is InChI=1S/C12H13N3O3S/c1-14-10(16)9(11(17)15(2)12(14)18)7-13-6-8-4-3-5-19-8/h3-5,7,16H,6H2,1-2H3. The SMILES string of the molecule is Cn1c(O)c(C=NCc2cccs2)c(=O)n(C)c1=O. The molecule has 0 saturated heterocycles. The largest absolute Gasteiger partial charge is 0.494 e. The van der Waals surface area contributed by atoms with E-state index in [-0.39, 0.29) is 11.4 Å². The Bertz CT molecular complexity index is 726. The van der Waals surface area contributed by atoms with Crippen molar-refractivity contribution in [3.05, 3.63) is 48.8 Å². The van der Waals surface area contributed by atoms with Gasteiger partial charge in [0.05, 0.1) is 6.54 Å². The molecule has 1 N–H and O–H groups in total. The predicted octanol–water partition coefficient (Wildman–Crippen LogP) is 0.470. The van der Waals surface area contributed by atoms with E-state index in [1.165, 1.54) is 20.3 Å². The summed E-state index contributed by atoms with van der Waals surface area (Å²) in [5.74, 6) is -0.372. The monoisotopic (exact) mass is 279 g/mol. The molecule has 2 aromatic heterocycles. The van der Waals surface area contributed by atoms with E-state index in [2.05, 4.69) is 4.99 Å². The molecule has 100 valence electrons. The van der Waals surface area contributed by atoms with Crippen LogP contribution in [0.5, 0.6) is 5.88 Å². The average Bonchev–Trinajstić information content (AvgIpc) is 2.91. The van der Waals surface area contributed by atoms with Gasteiger partial charge in [0.25, 0.3) is 5.56 Å². The zero-order valence-corrected chi connectivity index (χ0v) is 11.3. The van der Waals surface area contributed by atoms with Gasteiger partial charge in [-0.1, -0.05) is 6.07 Å². The van der Waals surface area contributed by atoms with Crippen LogP contribution in [0.3, 0.4) is 0 Å². The molecule has 0 unspecified atom stereocenters. The Labute approximate surface area is 112 Å². The molecule has 0 saturated carbocycles. The Hall–Kier alpha value is -2.15. The third-order valence-electron chi connectivity index (χ3n) is 2.72. The zero-order chi connectivity index (χ0) is 14.0. The van der Waals surface area contributed by atoms with E-state index in [0.717, 1.165) is 14.0 Å². The molecule has 0 aromatic carbocycles. The predicted molar refractivity (Wildman–Crippen MR) is 74.2 cm³/mol. The van der Waals surface area contributed by atoms with Gasteiger partial charge in [0, 0.05) is 25.2 Å². The number of aromatic nitrogens is 2.